The topological polar surface area (TPSA) is 41.6 Å². The van der Waals surface area contributed by atoms with Crippen molar-refractivity contribution in [2.75, 3.05) is 26.2 Å². The highest BCUT2D eigenvalue weighted by Gasteiger charge is 2.44. The van der Waals surface area contributed by atoms with Gasteiger partial charge in [0, 0.05) is 5.54 Å². The number of hydrogen-bond donors (Lipinski definition) is 1. The minimum absolute atomic E-state index is 0.0568. The fourth-order valence-electron chi connectivity index (χ4n) is 2.64. The highest BCUT2D eigenvalue weighted by Crippen LogP contribution is 2.32. The number of nitrogens with zero attached hydrogens (tertiary/aromatic N) is 1. The first kappa shape index (κ1) is 12.8. The Morgan fingerprint density at radius 3 is 2.65 bits per heavy atom. The van der Waals surface area contributed by atoms with Crippen LogP contribution in [-0.2, 0) is 9.53 Å². The van der Waals surface area contributed by atoms with Crippen LogP contribution in [0.5, 0.6) is 0 Å². The van der Waals surface area contributed by atoms with Gasteiger partial charge >= 0.3 is 0 Å². The Kier molecular flexibility index (Phi) is 3.46. The van der Waals surface area contributed by atoms with Crippen molar-refractivity contribution in [3.05, 3.63) is 0 Å². The zero-order valence-corrected chi connectivity index (χ0v) is 11.2. The molecule has 0 unspecified atom stereocenters. The standard InChI is InChI=1S/C13H24N2O2/c1-4-12(2,3)15-10-13(17-9-11(15)16)5-7-14-8-6-13/h14H,4-10H2,1-3H3. The number of hydrogen-bond acceptors (Lipinski definition) is 3. The first-order valence-corrected chi connectivity index (χ1v) is 6.64. The van der Waals surface area contributed by atoms with Gasteiger partial charge in [-0.15, -0.1) is 0 Å². The van der Waals surface area contributed by atoms with E-state index in [1.807, 2.05) is 4.90 Å². The maximum absolute atomic E-state index is 12.0. The van der Waals surface area contributed by atoms with Gasteiger partial charge in [-0.3, -0.25) is 4.79 Å². The summed E-state index contributed by atoms with van der Waals surface area (Å²) in [4.78, 5) is 14.0. The fourth-order valence-corrected chi connectivity index (χ4v) is 2.64. The van der Waals surface area contributed by atoms with Crippen molar-refractivity contribution >= 4 is 5.91 Å². The largest absolute Gasteiger partial charge is 0.363 e. The van der Waals surface area contributed by atoms with Crippen LogP contribution in [0.4, 0.5) is 0 Å². The molecule has 2 aliphatic rings. The van der Waals surface area contributed by atoms with Gasteiger partial charge in [0.25, 0.3) is 0 Å². The summed E-state index contributed by atoms with van der Waals surface area (Å²) in [5, 5.41) is 3.35. The Morgan fingerprint density at radius 1 is 1.41 bits per heavy atom. The lowest BCUT2D eigenvalue weighted by Gasteiger charge is -2.50. The van der Waals surface area contributed by atoms with Crippen molar-refractivity contribution < 1.29 is 9.53 Å². The number of carbonyl (C=O) groups excluding carboxylic acids is 1. The Hall–Kier alpha value is -0.610. The summed E-state index contributed by atoms with van der Waals surface area (Å²) in [7, 11) is 0. The van der Waals surface area contributed by atoms with E-state index in [9.17, 15) is 4.79 Å². The smallest absolute Gasteiger partial charge is 0.249 e. The van der Waals surface area contributed by atoms with Crippen molar-refractivity contribution in [2.45, 2.75) is 51.2 Å². The predicted octanol–water partition coefficient (Wildman–Crippen LogP) is 1.16. The van der Waals surface area contributed by atoms with Crippen molar-refractivity contribution in [3.63, 3.8) is 0 Å². The van der Waals surface area contributed by atoms with Crippen LogP contribution in [0.15, 0.2) is 0 Å². The van der Waals surface area contributed by atoms with Gasteiger partial charge in [-0.2, -0.15) is 0 Å². The molecule has 2 heterocycles. The Balaban J connectivity index is 2.13. The second-order valence-corrected chi connectivity index (χ2v) is 5.87. The third-order valence-corrected chi connectivity index (χ3v) is 4.36. The average Bonchev–Trinajstić information content (AvgIpc) is 2.34. The average molecular weight is 240 g/mol. The van der Waals surface area contributed by atoms with Gasteiger partial charge in [0.15, 0.2) is 0 Å². The van der Waals surface area contributed by atoms with Gasteiger partial charge in [-0.25, -0.2) is 0 Å². The quantitative estimate of drug-likeness (QED) is 0.787. The molecule has 0 atom stereocenters. The molecule has 2 saturated heterocycles. The molecular weight excluding hydrogens is 216 g/mol. The normalized spacial score (nSPS) is 25.4. The van der Waals surface area contributed by atoms with Crippen LogP contribution in [0.1, 0.15) is 40.0 Å². The highest BCUT2D eigenvalue weighted by molar-refractivity contribution is 5.79. The van der Waals surface area contributed by atoms with Gasteiger partial charge in [0.1, 0.15) is 6.61 Å². The predicted molar refractivity (Wildman–Crippen MR) is 66.9 cm³/mol. The number of rotatable bonds is 2. The highest BCUT2D eigenvalue weighted by atomic mass is 16.5. The Morgan fingerprint density at radius 2 is 2.06 bits per heavy atom. The molecular formula is C13H24N2O2. The molecule has 1 N–H and O–H groups in total. The first-order chi connectivity index (χ1) is 7.99. The molecule has 4 nitrogen and oxygen atoms in total. The van der Waals surface area contributed by atoms with Crippen molar-refractivity contribution in [1.82, 2.24) is 10.2 Å². The molecule has 0 aromatic carbocycles. The van der Waals surface area contributed by atoms with E-state index < -0.39 is 0 Å². The molecule has 0 aromatic heterocycles. The van der Waals surface area contributed by atoms with Gasteiger partial charge in [0.2, 0.25) is 5.91 Å². The lowest BCUT2D eigenvalue weighted by molar-refractivity contribution is -0.177. The van der Waals surface area contributed by atoms with E-state index in [-0.39, 0.29) is 23.7 Å². The van der Waals surface area contributed by atoms with Crippen LogP contribution < -0.4 is 5.32 Å². The first-order valence-electron chi connectivity index (χ1n) is 6.64. The van der Waals surface area contributed by atoms with Gasteiger partial charge in [0.05, 0.1) is 12.1 Å². The maximum atomic E-state index is 12.0. The lowest BCUT2D eigenvalue weighted by atomic mass is 9.87. The van der Waals surface area contributed by atoms with Crippen molar-refractivity contribution in [2.24, 2.45) is 0 Å². The van der Waals surface area contributed by atoms with E-state index in [1.54, 1.807) is 0 Å². The molecule has 0 aromatic rings. The molecule has 17 heavy (non-hydrogen) atoms. The molecule has 2 fully saturated rings. The minimum Gasteiger partial charge on any atom is -0.363 e. The summed E-state index contributed by atoms with van der Waals surface area (Å²) in [5.74, 6) is 0.140. The summed E-state index contributed by atoms with van der Waals surface area (Å²) in [5.41, 5.74) is -0.148. The number of carbonyl (C=O) groups is 1. The molecule has 0 saturated carbocycles. The third kappa shape index (κ3) is 2.47. The Labute approximate surface area is 104 Å². The second kappa shape index (κ2) is 4.58. The molecule has 2 aliphatic heterocycles. The second-order valence-electron chi connectivity index (χ2n) is 5.87. The van der Waals surface area contributed by atoms with Gasteiger partial charge in [-0.1, -0.05) is 6.92 Å². The molecule has 0 bridgehead atoms. The van der Waals surface area contributed by atoms with E-state index in [0.29, 0.717) is 0 Å². The van der Waals surface area contributed by atoms with Gasteiger partial charge < -0.3 is 15.0 Å². The summed E-state index contributed by atoms with van der Waals surface area (Å²) in [6, 6.07) is 0. The van der Waals surface area contributed by atoms with Crippen LogP contribution in [0.25, 0.3) is 0 Å². The van der Waals surface area contributed by atoms with E-state index in [2.05, 4.69) is 26.1 Å². The monoisotopic (exact) mass is 240 g/mol. The molecule has 4 heteroatoms. The van der Waals surface area contributed by atoms with Crippen LogP contribution in [-0.4, -0.2) is 48.2 Å². The molecule has 2 rings (SSSR count). The van der Waals surface area contributed by atoms with Crippen molar-refractivity contribution in [1.29, 1.82) is 0 Å². The summed E-state index contributed by atoms with van der Waals surface area (Å²) < 4.78 is 5.86. The van der Waals surface area contributed by atoms with Crippen LogP contribution >= 0.6 is 0 Å². The summed E-state index contributed by atoms with van der Waals surface area (Å²) in [6.45, 7) is 9.43. The number of morpholine rings is 1. The third-order valence-electron chi connectivity index (χ3n) is 4.36. The molecule has 0 radical (unpaired) electrons. The molecule has 0 aliphatic carbocycles. The van der Waals surface area contributed by atoms with Crippen LogP contribution in [0, 0.1) is 0 Å². The van der Waals surface area contributed by atoms with E-state index in [0.717, 1.165) is 38.9 Å². The van der Waals surface area contributed by atoms with Crippen LogP contribution in [0.2, 0.25) is 0 Å². The molecule has 1 amide bonds. The van der Waals surface area contributed by atoms with Gasteiger partial charge in [-0.05, 0) is 46.2 Å². The number of ether oxygens (including phenoxy) is 1. The fraction of sp³-hybridized carbons (Fsp3) is 0.923. The van der Waals surface area contributed by atoms with Crippen molar-refractivity contribution in [3.8, 4) is 0 Å². The SMILES string of the molecule is CCC(C)(C)N1CC2(CCNCC2)OCC1=O. The molecule has 98 valence electrons. The summed E-state index contributed by atoms with van der Waals surface area (Å²) in [6.07, 6.45) is 3.00. The maximum Gasteiger partial charge on any atom is 0.249 e. The number of nitrogens with one attached hydrogen (secondary N) is 1. The summed E-state index contributed by atoms with van der Waals surface area (Å²) >= 11 is 0. The van der Waals surface area contributed by atoms with E-state index >= 15 is 0 Å². The molecule has 1 spiro atoms. The lowest BCUT2D eigenvalue weighted by Crippen LogP contribution is -2.63. The zero-order chi connectivity index (χ0) is 12.5. The zero-order valence-electron chi connectivity index (χ0n) is 11.2. The minimum atomic E-state index is -0.0917. The number of amides is 1. The van der Waals surface area contributed by atoms with E-state index in [4.69, 9.17) is 4.74 Å². The number of piperidine rings is 1. The Bertz CT molecular complexity index is 296. The van der Waals surface area contributed by atoms with Crippen LogP contribution in [0.3, 0.4) is 0 Å². The van der Waals surface area contributed by atoms with E-state index in [1.165, 1.54) is 0 Å².